The molecular formula is C20H29NO6S2. The smallest absolute Gasteiger partial charge is 0.328 e. The molecule has 9 heteroatoms. The van der Waals surface area contributed by atoms with Crippen molar-refractivity contribution in [2.45, 2.75) is 59.4 Å². The zero-order valence-corrected chi connectivity index (χ0v) is 19.0. The number of hydrogen-bond acceptors (Lipinski definition) is 8. The molecule has 7 nitrogen and oxygen atoms in total. The summed E-state index contributed by atoms with van der Waals surface area (Å²) in [7, 11) is 0. The average molecular weight is 444 g/mol. The summed E-state index contributed by atoms with van der Waals surface area (Å²) in [5, 5.41) is 2.79. The van der Waals surface area contributed by atoms with E-state index in [9.17, 15) is 19.2 Å². The molecule has 0 fully saturated rings. The Morgan fingerprint density at radius 3 is 2.48 bits per heavy atom. The van der Waals surface area contributed by atoms with Gasteiger partial charge in [0.05, 0.1) is 18.1 Å². The minimum Gasteiger partial charge on any atom is -0.466 e. The van der Waals surface area contributed by atoms with Gasteiger partial charge >= 0.3 is 11.9 Å². The second kappa shape index (κ2) is 13.4. The minimum atomic E-state index is -0.913. The van der Waals surface area contributed by atoms with Crippen LogP contribution in [0.3, 0.4) is 0 Å². The Labute approximate surface area is 179 Å². The second-order valence-electron chi connectivity index (χ2n) is 6.29. The number of esters is 2. The molecule has 1 amide bonds. The number of ether oxygens (including phenoxy) is 2. The molecule has 0 aliphatic carbocycles. The van der Waals surface area contributed by atoms with Crippen LogP contribution in [0.15, 0.2) is 6.07 Å². The lowest BCUT2D eigenvalue weighted by molar-refractivity contribution is -0.146. The lowest BCUT2D eigenvalue weighted by Gasteiger charge is -2.16. The SMILES string of the molecule is CCOC(=O)CC[C@H](NC(=O)c1sc(CCCSC(C)=O)cc1C)C(=O)OCC. The van der Waals surface area contributed by atoms with Crippen molar-refractivity contribution in [1.29, 1.82) is 0 Å². The fraction of sp³-hybridized carbons (Fsp3) is 0.600. The van der Waals surface area contributed by atoms with Crippen molar-refractivity contribution in [1.82, 2.24) is 5.32 Å². The molecule has 0 aliphatic heterocycles. The van der Waals surface area contributed by atoms with Gasteiger partial charge in [-0.15, -0.1) is 11.3 Å². The lowest BCUT2D eigenvalue weighted by Crippen LogP contribution is -2.42. The van der Waals surface area contributed by atoms with Crippen LogP contribution < -0.4 is 5.32 Å². The van der Waals surface area contributed by atoms with Crippen LogP contribution in [0.2, 0.25) is 0 Å². The maximum absolute atomic E-state index is 12.7. The third-order valence-electron chi connectivity index (χ3n) is 3.87. The van der Waals surface area contributed by atoms with Gasteiger partial charge in [-0.05, 0) is 51.7 Å². The highest BCUT2D eigenvalue weighted by Crippen LogP contribution is 2.24. The number of hydrogen-bond donors (Lipinski definition) is 1. The minimum absolute atomic E-state index is 0.0140. The van der Waals surface area contributed by atoms with Gasteiger partial charge in [0.15, 0.2) is 5.12 Å². The first-order chi connectivity index (χ1) is 13.8. The molecule has 0 unspecified atom stereocenters. The van der Waals surface area contributed by atoms with Gasteiger partial charge in [0.25, 0.3) is 5.91 Å². The summed E-state index contributed by atoms with van der Waals surface area (Å²) in [5.41, 5.74) is 0.828. The topological polar surface area (TPSA) is 98.8 Å². The summed E-state index contributed by atoms with van der Waals surface area (Å²) in [6.07, 6.45) is 1.75. The first-order valence-corrected chi connectivity index (χ1v) is 11.4. The standard InChI is InChI=1S/C20H29NO6S2/c1-5-26-17(23)10-9-16(20(25)27-6-2)21-19(24)18-13(3)12-15(29-18)8-7-11-28-14(4)22/h12,16H,5-11H2,1-4H3,(H,21,24)/t16-/m0/s1. The molecule has 0 aliphatic rings. The van der Waals surface area contributed by atoms with Crippen molar-refractivity contribution in [3.05, 3.63) is 21.4 Å². The molecule has 1 aromatic rings. The van der Waals surface area contributed by atoms with Crippen molar-refractivity contribution >= 4 is 46.1 Å². The van der Waals surface area contributed by atoms with Gasteiger partial charge in [-0.1, -0.05) is 11.8 Å². The van der Waals surface area contributed by atoms with Crippen LogP contribution in [0, 0.1) is 6.92 Å². The summed E-state index contributed by atoms with van der Waals surface area (Å²) in [5.74, 6) is -0.610. The molecule has 29 heavy (non-hydrogen) atoms. The summed E-state index contributed by atoms with van der Waals surface area (Å²) in [6, 6.07) is 1.04. The summed E-state index contributed by atoms with van der Waals surface area (Å²) in [6.45, 7) is 7.23. The number of nitrogens with one attached hydrogen (secondary N) is 1. The number of thiophene rings is 1. The molecule has 0 bridgehead atoms. The predicted octanol–water partition coefficient (Wildman–Crippen LogP) is 3.27. The molecule has 1 N–H and O–H groups in total. The number of carbonyl (C=O) groups excluding carboxylic acids is 4. The Hall–Kier alpha value is -1.87. The van der Waals surface area contributed by atoms with Crippen LogP contribution in [0.5, 0.6) is 0 Å². The Morgan fingerprint density at radius 1 is 1.17 bits per heavy atom. The van der Waals surface area contributed by atoms with E-state index in [1.54, 1.807) is 20.8 Å². The third kappa shape index (κ3) is 9.45. The number of rotatable bonds is 12. The molecule has 1 aromatic heterocycles. The number of carbonyl (C=O) groups is 4. The molecule has 0 saturated carbocycles. The highest BCUT2D eigenvalue weighted by molar-refractivity contribution is 8.13. The van der Waals surface area contributed by atoms with E-state index in [1.807, 2.05) is 13.0 Å². The lowest BCUT2D eigenvalue weighted by atomic mass is 10.1. The molecule has 0 saturated heterocycles. The van der Waals surface area contributed by atoms with E-state index < -0.39 is 18.0 Å². The molecule has 0 radical (unpaired) electrons. The quantitative estimate of drug-likeness (QED) is 0.391. The van der Waals surface area contributed by atoms with Crippen LogP contribution in [0.25, 0.3) is 0 Å². The van der Waals surface area contributed by atoms with Crippen molar-refractivity contribution in [3.63, 3.8) is 0 Å². The second-order valence-corrected chi connectivity index (χ2v) is 8.70. The molecule has 1 atom stereocenters. The first kappa shape index (κ1) is 25.2. The van der Waals surface area contributed by atoms with Gasteiger partial charge in [-0.3, -0.25) is 14.4 Å². The largest absolute Gasteiger partial charge is 0.466 e. The highest BCUT2D eigenvalue weighted by Gasteiger charge is 2.25. The Morgan fingerprint density at radius 2 is 1.86 bits per heavy atom. The van der Waals surface area contributed by atoms with Gasteiger partial charge in [0.1, 0.15) is 6.04 Å². The Bertz CT molecular complexity index is 716. The van der Waals surface area contributed by atoms with E-state index in [1.165, 1.54) is 23.1 Å². The molecule has 1 rings (SSSR count). The van der Waals surface area contributed by atoms with Crippen LogP contribution >= 0.6 is 23.1 Å². The van der Waals surface area contributed by atoms with E-state index in [0.717, 1.165) is 29.0 Å². The van der Waals surface area contributed by atoms with Gasteiger partial charge in [0.2, 0.25) is 0 Å². The van der Waals surface area contributed by atoms with Crippen LogP contribution in [-0.2, 0) is 30.3 Å². The van der Waals surface area contributed by atoms with Crippen LogP contribution in [0.4, 0.5) is 0 Å². The molecule has 1 heterocycles. The van der Waals surface area contributed by atoms with E-state index in [-0.39, 0.29) is 37.1 Å². The first-order valence-electron chi connectivity index (χ1n) is 9.64. The van der Waals surface area contributed by atoms with Crippen LogP contribution in [-0.4, -0.2) is 48.0 Å². The van der Waals surface area contributed by atoms with Gasteiger partial charge in [-0.25, -0.2) is 4.79 Å². The Balaban J connectivity index is 2.73. The number of amides is 1. The fourth-order valence-electron chi connectivity index (χ4n) is 2.57. The van der Waals surface area contributed by atoms with Crippen molar-refractivity contribution < 1.29 is 28.7 Å². The highest BCUT2D eigenvalue weighted by atomic mass is 32.2. The van der Waals surface area contributed by atoms with Crippen molar-refractivity contribution in [2.24, 2.45) is 0 Å². The van der Waals surface area contributed by atoms with E-state index >= 15 is 0 Å². The maximum atomic E-state index is 12.7. The van der Waals surface area contributed by atoms with Crippen molar-refractivity contribution in [2.75, 3.05) is 19.0 Å². The Kier molecular flexibility index (Phi) is 11.6. The van der Waals surface area contributed by atoms with E-state index in [2.05, 4.69) is 5.32 Å². The number of thioether (sulfide) groups is 1. The monoisotopic (exact) mass is 443 g/mol. The molecular weight excluding hydrogens is 414 g/mol. The molecule has 0 spiro atoms. The van der Waals surface area contributed by atoms with Crippen LogP contribution in [0.1, 0.15) is 60.1 Å². The van der Waals surface area contributed by atoms with Gasteiger partial charge in [0, 0.05) is 24.0 Å². The summed E-state index contributed by atoms with van der Waals surface area (Å²) < 4.78 is 9.90. The normalized spacial score (nSPS) is 11.6. The zero-order valence-electron chi connectivity index (χ0n) is 17.4. The van der Waals surface area contributed by atoms with E-state index in [4.69, 9.17) is 9.47 Å². The fourth-order valence-corrected chi connectivity index (χ4v) is 4.26. The number of aryl methyl sites for hydroxylation is 2. The predicted molar refractivity (Wildman–Crippen MR) is 114 cm³/mol. The molecule has 162 valence electrons. The van der Waals surface area contributed by atoms with Crippen molar-refractivity contribution in [3.8, 4) is 0 Å². The zero-order chi connectivity index (χ0) is 21.8. The third-order valence-corrected chi connectivity index (χ3v) is 6.06. The molecule has 0 aromatic carbocycles. The average Bonchev–Trinajstić information content (AvgIpc) is 3.03. The van der Waals surface area contributed by atoms with Gasteiger partial charge < -0.3 is 14.8 Å². The van der Waals surface area contributed by atoms with E-state index in [0.29, 0.717) is 4.88 Å². The summed E-state index contributed by atoms with van der Waals surface area (Å²) in [4.78, 5) is 49.1. The van der Waals surface area contributed by atoms with Gasteiger partial charge in [-0.2, -0.15) is 0 Å². The summed E-state index contributed by atoms with van der Waals surface area (Å²) >= 11 is 2.67. The maximum Gasteiger partial charge on any atom is 0.328 e.